The van der Waals surface area contributed by atoms with Crippen molar-refractivity contribution in [3.63, 3.8) is 0 Å². The van der Waals surface area contributed by atoms with Crippen LogP contribution in [0, 0.1) is 0 Å². The maximum atomic E-state index is 12.7. The molecule has 56 heavy (non-hydrogen) atoms. The highest BCUT2D eigenvalue weighted by molar-refractivity contribution is 7.47. The molecule has 0 amide bonds. The summed E-state index contributed by atoms with van der Waals surface area (Å²) >= 11 is 0. The van der Waals surface area contributed by atoms with E-state index in [1.807, 2.05) is 21.1 Å². The maximum Gasteiger partial charge on any atom is 0.472 e. The number of phosphoric acid groups is 1. The van der Waals surface area contributed by atoms with Gasteiger partial charge in [-0.15, -0.1) is 0 Å². The second-order valence-electron chi connectivity index (χ2n) is 16.1. The largest absolute Gasteiger partial charge is 0.472 e. The molecule has 326 valence electrons. The van der Waals surface area contributed by atoms with E-state index in [0.29, 0.717) is 23.9 Å². The minimum absolute atomic E-state index is 0.0232. The van der Waals surface area contributed by atoms with Gasteiger partial charge in [0, 0.05) is 12.8 Å². The number of esters is 2. The summed E-state index contributed by atoms with van der Waals surface area (Å²) in [5.41, 5.74) is 0. The molecule has 0 aliphatic carbocycles. The molecule has 2 atom stereocenters. The van der Waals surface area contributed by atoms with Gasteiger partial charge in [0.2, 0.25) is 0 Å². The van der Waals surface area contributed by atoms with E-state index in [0.717, 1.165) is 38.5 Å². The summed E-state index contributed by atoms with van der Waals surface area (Å²) in [7, 11) is 1.45. The normalized spacial score (nSPS) is 14.0. The first kappa shape index (κ1) is 54.0. The Balaban J connectivity index is 4.44. The molecule has 0 aromatic carbocycles. The predicted octanol–water partition coefficient (Wildman–Crippen LogP) is 12.7. The number of quaternary nitrogens is 1. The first-order valence-electron chi connectivity index (χ1n) is 22.4. The fourth-order valence-corrected chi connectivity index (χ4v) is 6.57. The van der Waals surface area contributed by atoms with Gasteiger partial charge in [-0.2, -0.15) is 0 Å². The Hall–Kier alpha value is -2.03. The quantitative estimate of drug-likeness (QED) is 0.0214. The molecule has 0 spiro atoms. The summed E-state index contributed by atoms with van der Waals surface area (Å²) in [5, 5.41) is 0. The highest BCUT2D eigenvalue weighted by Gasteiger charge is 2.27. The number of rotatable bonds is 40. The van der Waals surface area contributed by atoms with Crippen LogP contribution in [0.4, 0.5) is 0 Å². The van der Waals surface area contributed by atoms with E-state index in [2.05, 4.69) is 62.5 Å². The molecule has 10 heteroatoms. The zero-order valence-electron chi connectivity index (χ0n) is 36.6. The first-order chi connectivity index (χ1) is 27.0. The van der Waals surface area contributed by atoms with E-state index >= 15 is 0 Å². The fraction of sp³-hybridized carbons (Fsp3) is 0.783. The van der Waals surface area contributed by atoms with Gasteiger partial charge in [-0.1, -0.05) is 165 Å². The van der Waals surface area contributed by atoms with Crippen LogP contribution in [-0.4, -0.2) is 74.9 Å². The Morgan fingerprint density at radius 1 is 0.554 bits per heavy atom. The van der Waals surface area contributed by atoms with Gasteiger partial charge in [-0.05, 0) is 51.4 Å². The van der Waals surface area contributed by atoms with Crippen LogP contribution in [0.2, 0.25) is 0 Å². The van der Waals surface area contributed by atoms with Crippen LogP contribution in [-0.2, 0) is 32.7 Å². The Labute approximate surface area is 343 Å². The molecule has 0 radical (unpaired) electrons. The summed E-state index contributed by atoms with van der Waals surface area (Å²) in [5.74, 6) is -0.862. The molecule has 9 nitrogen and oxygen atoms in total. The Morgan fingerprint density at radius 2 is 0.982 bits per heavy atom. The summed E-state index contributed by atoms with van der Waals surface area (Å²) in [6, 6.07) is 0. The Bertz CT molecular complexity index is 1100. The van der Waals surface area contributed by atoms with Crippen molar-refractivity contribution in [1.29, 1.82) is 0 Å². The van der Waals surface area contributed by atoms with Crippen LogP contribution < -0.4 is 0 Å². The van der Waals surface area contributed by atoms with E-state index in [1.54, 1.807) is 0 Å². The Kier molecular flexibility index (Phi) is 37.1. The number of phosphoric ester groups is 1. The molecule has 0 saturated heterocycles. The number of likely N-dealkylation sites (N-methyl/N-ethyl adjacent to an activating group) is 1. The van der Waals surface area contributed by atoms with E-state index in [4.69, 9.17) is 18.5 Å². The van der Waals surface area contributed by atoms with Gasteiger partial charge in [0.25, 0.3) is 0 Å². The van der Waals surface area contributed by atoms with Crippen molar-refractivity contribution in [2.45, 2.75) is 187 Å². The van der Waals surface area contributed by atoms with Crippen molar-refractivity contribution in [2.75, 3.05) is 47.5 Å². The lowest BCUT2D eigenvalue weighted by molar-refractivity contribution is -0.870. The van der Waals surface area contributed by atoms with E-state index in [9.17, 15) is 19.0 Å². The summed E-state index contributed by atoms with van der Waals surface area (Å²) < 4.78 is 34.2. The number of hydrogen-bond donors (Lipinski definition) is 1. The third-order valence-electron chi connectivity index (χ3n) is 9.36. The van der Waals surface area contributed by atoms with E-state index < -0.39 is 32.5 Å². The molecular formula is C46H85NO8P+. The van der Waals surface area contributed by atoms with Crippen LogP contribution >= 0.6 is 7.82 Å². The minimum Gasteiger partial charge on any atom is -0.462 e. The van der Waals surface area contributed by atoms with Crippen LogP contribution in [0.25, 0.3) is 0 Å². The number of carbonyl (C=O) groups is 2. The second kappa shape index (κ2) is 38.5. The summed E-state index contributed by atoms with van der Waals surface area (Å²) in [6.45, 7) is 4.33. The number of allylic oxidation sites excluding steroid dienone is 8. The Morgan fingerprint density at radius 3 is 1.48 bits per heavy atom. The molecule has 0 heterocycles. The van der Waals surface area contributed by atoms with Crippen molar-refractivity contribution >= 4 is 19.8 Å². The lowest BCUT2D eigenvalue weighted by Crippen LogP contribution is -2.37. The van der Waals surface area contributed by atoms with E-state index in [-0.39, 0.29) is 26.1 Å². The molecule has 0 saturated carbocycles. The monoisotopic (exact) mass is 811 g/mol. The van der Waals surface area contributed by atoms with Gasteiger partial charge < -0.3 is 18.9 Å². The molecule has 0 rings (SSSR count). The summed E-state index contributed by atoms with van der Waals surface area (Å²) in [4.78, 5) is 35.3. The lowest BCUT2D eigenvalue weighted by Gasteiger charge is -2.24. The lowest BCUT2D eigenvalue weighted by atomic mass is 10.0. The van der Waals surface area contributed by atoms with Crippen LogP contribution in [0.3, 0.4) is 0 Å². The topological polar surface area (TPSA) is 108 Å². The van der Waals surface area contributed by atoms with Crippen molar-refractivity contribution < 1.29 is 42.1 Å². The molecule has 0 bridgehead atoms. The van der Waals surface area contributed by atoms with Crippen molar-refractivity contribution in [3.05, 3.63) is 48.6 Å². The highest BCUT2D eigenvalue weighted by Crippen LogP contribution is 2.43. The van der Waals surface area contributed by atoms with Gasteiger partial charge in [0.1, 0.15) is 19.8 Å². The standard InChI is InChI=1S/C46H84NO8P/c1-6-8-10-12-14-16-18-20-22-23-25-26-28-30-32-34-36-38-45(48)52-42-44(43-54-56(50,51)53-41-40-47(3,4)5)55-46(49)39-37-35-33-31-29-27-24-21-19-17-15-13-11-9-7-2/h14,16,20,22,25-26,30,32,44H,6-13,15,17-19,21,23-24,27-29,31,33-43H2,1-5H3/p+1/b16-14+,22-20+,26-25+,32-30+/t44-/m1/s1. The minimum atomic E-state index is -4.39. The van der Waals surface area contributed by atoms with Crippen molar-refractivity contribution in [3.8, 4) is 0 Å². The van der Waals surface area contributed by atoms with Crippen LogP contribution in [0.5, 0.6) is 0 Å². The van der Waals surface area contributed by atoms with Gasteiger partial charge in [-0.3, -0.25) is 18.6 Å². The van der Waals surface area contributed by atoms with Crippen molar-refractivity contribution in [2.24, 2.45) is 0 Å². The number of hydrogen-bond acceptors (Lipinski definition) is 7. The smallest absolute Gasteiger partial charge is 0.462 e. The molecule has 1 N–H and O–H groups in total. The predicted molar refractivity (Wildman–Crippen MR) is 233 cm³/mol. The summed E-state index contributed by atoms with van der Waals surface area (Å²) in [6.07, 6.45) is 44.5. The average Bonchev–Trinajstić information content (AvgIpc) is 3.15. The second-order valence-corrected chi connectivity index (χ2v) is 17.5. The number of ether oxygens (including phenoxy) is 2. The van der Waals surface area contributed by atoms with Crippen molar-refractivity contribution in [1.82, 2.24) is 0 Å². The molecule has 0 aliphatic heterocycles. The van der Waals surface area contributed by atoms with Gasteiger partial charge in [-0.25, -0.2) is 4.57 Å². The van der Waals surface area contributed by atoms with Crippen LogP contribution in [0.1, 0.15) is 181 Å². The van der Waals surface area contributed by atoms with E-state index in [1.165, 1.54) is 103 Å². The van der Waals surface area contributed by atoms with Gasteiger partial charge >= 0.3 is 19.8 Å². The molecular weight excluding hydrogens is 725 g/mol. The number of nitrogens with zero attached hydrogens (tertiary/aromatic N) is 1. The van der Waals surface area contributed by atoms with Gasteiger partial charge in [0.05, 0.1) is 27.7 Å². The molecule has 0 aromatic rings. The first-order valence-corrected chi connectivity index (χ1v) is 23.9. The molecule has 0 fully saturated rings. The average molecular weight is 811 g/mol. The fourth-order valence-electron chi connectivity index (χ4n) is 5.83. The molecule has 0 aliphatic rings. The third kappa shape index (κ3) is 41.6. The zero-order valence-corrected chi connectivity index (χ0v) is 37.5. The van der Waals surface area contributed by atoms with Gasteiger partial charge in [0.15, 0.2) is 6.10 Å². The zero-order chi connectivity index (χ0) is 41.4. The number of unbranched alkanes of at least 4 members (excludes halogenated alkanes) is 18. The third-order valence-corrected chi connectivity index (χ3v) is 10.3. The molecule has 0 aromatic heterocycles. The SMILES string of the molecule is CCCCC/C=C/C/C=C/C/C=C/C/C=C/CCCC(=O)OC[C@H](COP(=O)(O)OCC[N+](C)(C)C)OC(=O)CCCCCCCCCCCCCCCCC. The number of carbonyl (C=O) groups excluding carboxylic acids is 2. The molecule has 1 unspecified atom stereocenters. The maximum absolute atomic E-state index is 12.7. The highest BCUT2D eigenvalue weighted by atomic mass is 31.2. The van der Waals surface area contributed by atoms with Crippen LogP contribution in [0.15, 0.2) is 48.6 Å².